The van der Waals surface area contributed by atoms with E-state index in [1.807, 2.05) is 31.2 Å². The van der Waals surface area contributed by atoms with E-state index >= 15 is 0 Å². The number of guanidine groups is 1. The molecule has 25 heavy (non-hydrogen) atoms. The third-order valence-corrected chi connectivity index (χ3v) is 3.55. The smallest absolute Gasteiger partial charge is 0.191 e. The van der Waals surface area contributed by atoms with Gasteiger partial charge in [0.05, 0.1) is 13.7 Å². The Morgan fingerprint density at radius 1 is 1.12 bits per heavy atom. The molecule has 0 aliphatic carbocycles. The lowest BCUT2D eigenvalue weighted by molar-refractivity contribution is 0.145. The van der Waals surface area contributed by atoms with E-state index in [0.717, 1.165) is 56.4 Å². The second-order valence-corrected chi connectivity index (χ2v) is 6.10. The third-order valence-electron chi connectivity index (χ3n) is 3.55. The zero-order chi connectivity index (χ0) is 17.6. The first-order valence-electron chi connectivity index (χ1n) is 8.88. The molecule has 1 aromatic rings. The van der Waals surface area contributed by atoms with Gasteiger partial charge in [-0.15, -0.1) is 24.0 Å². The van der Waals surface area contributed by atoms with Gasteiger partial charge in [-0.3, -0.25) is 0 Å². The summed E-state index contributed by atoms with van der Waals surface area (Å²) in [5, 5.41) is 6.79. The van der Waals surface area contributed by atoms with Crippen LogP contribution in [0.3, 0.4) is 0 Å². The number of hydrogen-bond acceptors (Lipinski definition) is 3. The van der Waals surface area contributed by atoms with E-state index in [1.165, 1.54) is 0 Å². The number of hydrogen-bond donors (Lipinski definition) is 2. The predicted molar refractivity (Wildman–Crippen MR) is 116 cm³/mol. The summed E-state index contributed by atoms with van der Waals surface area (Å²) in [7, 11) is 1.68. The number of aliphatic imine (C=N–C) groups is 1. The normalized spacial score (nSPS) is 11.2. The van der Waals surface area contributed by atoms with Gasteiger partial charge in [0, 0.05) is 26.3 Å². The van der Waals surface area contributed by atoms with E-state index in [9.17, 15) is 0 Å². The summed E-state index contributed by atoms with van der Waals surface area (Å²) in [6.07, 6.45) is 2.10. The molecule has 0 fully saturated rings. The molecule has 1 rings (SSSR count). The van der Waals surface area contributed by atoms with Crippen molar-refractivity contribution in [2.24, 2.45) is 10.9 Å². The molecule has 0 radical (unpaired) electrons. The molecule has 0 spiro atoms. The first-order chi connectivity index (χ1) is 11.7. The van der Waals surface area contributed by atoms with Gasteiger partial charge < -0.3 is 20.1 Å². The van der Waals surface area contributed by atoms with Gasteiger partial charge in [0.2, 0.25) is 0 Å². The lowest BCUT2D eigenvalue weighted by Crippen LogP contribution is -2.39. The quantitative estimate of drug-likeness (QED) is 0.227. The Morgan fingerprint density at radius 2 is 1.80 bits per heavy atom. The van der Waals surface area contributed by atoms with Crippen LogP contribution in [-0.2, 0) is 11.3 Å². The molecule has 0 bridgehead atoms. The van der Waals surface area contributed by atoms with Crippen molar-refractivity contribution >= 4 is 29.9 Å². The molecule has 2 N–H and O–H groups in total. The van der Waals surface area contributed by atoms with Crippen LogP contribution in [0.25, 0.3) is 0 Å². The highest BCUT2D eigenvalue weighted by molar-refractivity contribution is 14.0. The number of methoxy groups -OCH3 is 1. The minimum atomic E-state index is 0. The lowest BCUT2D eigenvalue weighted by atomic mass is 10.1. The van der Waals surface area contributed by atoms with E-state index in [-0.39, 0.29) is 24.0 Å². The average Bonchev–Trinajstić information content (AvgIpc) is 2.59. The summed E-state index contributed by atoms with van der Waals surface area (Å²) >= 11 is 0. The Morgan fingerprint density at radius 3 is 2.40 bits per heavy atom. The van der Waals surface area contributed by atoms with Gasteiger partial charge in [-0.2, -0.15) is 0 Å². The van der Waals surface area contributed by atoms with Crippen LogP contribution in [-0.4, -0.2) is 39.4 Å². The fourth-order valence-electron chi connectivity index (χ4n) is 2.08. The molecule has 5 nitrogen and oxygen atoms in total. The van der Waals surface area contributed by atoms with Crippen LogP contribution in [0, 0.1) is 5.92 Å². The largest absolute Gasteiger partial charge is 0.497 e. The Kier molecular flexibility index (Phi) is 14.6. The molecule has 0 aromatic heterocycles. The maximum absolute atomic E-state index is 5.37. The second kappa shape index (κ2) is 15.3. The molecule has 144 valence electrons. The summed E-state index contributed by atoms with van der Waals surface area (Å²) < 4.78 is 10.6. The highest BCUT2D eigenvalue weighted by Crippen LogP contribution is 2.11. The van der Waals surface area contributed by atoms with Gasteiger partial charge >= 0.3 is 0 Å². The van der Waals surface area contributed by atoms with E-state index in [2.05, 4.69) is 29.5 Å². The number of nitrogens with one attached hydrogen (secondary N) is 2. The number of rotatable bonds is 11. The Hall–Kier alpha value is -1.02. The molecule has 0 heterocycles. The number of ether oxygens (including phenoxy) is 2. The van der Waals surface area contributed by atoms with Crippen molar-refractivity contribution in [3.63, 3.8) is 0 Å². The first kappa shape index (κ1) is 24.0. The fourth-order valence-corrected chi connectivity index (χ4v) is 2.08. The van der Waals surface area contributed by atoms with Gasteiger partial charge in [0.25, 0.3) is 0 Å². The molecule has 6 heteroatoms. The lowest BCUT2D eigenvalue weighted by Gasteiger charge is -2.13. The maximum atomic E-state index is 5.37. The van der Waals surface area contributed by atoms with Crippen molar-refractivity contribution in [2.45, 2.75) is 40.2 Å². The number of benzene rings is 1. The zero-order valence-electron chi connectivity index (χ0n) is 16.0. The van der Waals surface area contributed by atoms with Crippen LogP contribution in [0.1, 0.15) is 39.2 Å². The summed E-state index contributed by atoms with van der Waals surface area (Å²) in [6.45, 7) is 10.5. The Labute approximate surface area is 170 Å². The van der Waals surface area contributed by atoms with Crippen molar-refractivity contribution in [2.75, 3.05) is 33.4 Å². The van der Waals surface area contributed by atoms with Crippen molar-refractivity contribution in [3.8, 4) is 5.75 Å². The summed E-state index contributed by atoms with van der Waals surface area (Å²) in [5.74, 6) is 2.41. The van der Waals surface area contributed by atoms with E-state index in [1.54, 1.807) is 7.11 Å². The average molecular weight is 463 g/mol. The van der Waals surface area contributed by atoms with Crippen LogP contribution in [0.2, 0.25) is 0 Å². The molecular weight excluding hydrogens is 429 g/mol. The minimum absolute atomic E-state index is 0. The Bertz CT molecular complexity index is 464. The molecular formula is C19H34IN3O2. The summed E-state index contributed by atoms with van der Waals surface area (Å²) in [6, 6.07) is 8.02. The monoisotopic (exact) mass is 463 g/mol. The molecule has 0 unspecified atom stereocenters. The Balaban J connectivity index is 0.00000576. The van der Waals surface area contributed by atoms with E-state index in [0.29, 0.717) is 12.5 Å². The van der Waals surface area contributed by atoms with Gasteiger partial charge in [-0.25, -0.2) is 4.99 Å². The van der Waals surface area contributed by atoms with Crippen molar-refractivity contribution in [3.05, 3.63) is 29.8 Å². The molecule has 0 amide bonds. The molecule has 0 aliphatic rings. The highest BCUT2D eigenvalue weighted by Gasteiger charge is 2.01. The predicted octanol–water partition coefficient (Wildman–Crippen LogP) is 3.82. The van der Waals surface area contributed by atoms with E-state index < -0.39 is 0 Å². The van der Waals surface area contributed by atoms with Crippen molar-refractivity contribution in [1.82, 2.24) is 10.6 Å². The summed E-state index contributed by atoms with van der Waals surface area (Å²) in [5.41, 5.74) is 1.16. The van der Waals surface area contributed by atoms with Gasteiger partial charge in [0.1, 0.15) is 5.75 Å². The van der Waals surface area contributed by atoms with Gasteiger partial charge in [-0.1, -0.05) is 26.0 Å². The number of nitrogens with zero attached hydrogens (tertiary/aromatic N) is 1. The SMILES string of the molecule is CCOCCCNC(=NCc1ccc(OC)cc1)NCCC(C)C.I. The van der Waals surface area contributed by atoms with Crippen LogP contribution < -0.4 is 15.4 Å². The van der Waals surface area contributed by atoms with Crippen molar-refractivity contribution in [1.29, 1.82) is 0 Å². The van der Waals surface area contributed by atoms with Crippen LogP contribution in [0.15, 0.2) is 29.3 Å². The zero-order valence-corrected chi connectivity index (χ0v) is 18.3. The summed E-state index contributed by atoms with van der Waals surface area (Å²) in [4.78, 5) is 4.68. The highest BCUT2D eigenvalue weighted by atomic mass is 127. The topological polar surface area (TPSA) is 54.9 Å². The second-order valence-electron chi connectivity index (χ2n) is 6.10. The van der Waals surface area contributed by atoms with Crippen LogP contribution >= 0.6 is 24.0 Å². The van der Waals surface area contributed by atoms with Crippen LogP contribution in [0.5, 0.6) is 5.75 Å². The number of halogens is 1. The standard InChI is InChI=1S/C19H33N3O2.HI/c1-5-24-14-6-12-20-19(21-13-11-16(2)3)22-15-17-7-9-18(23-4)10-8-17;/h7-10,16H,5-6,11-15H2,1-4H3,(H2,20,21,22);1H. The molecule has 0 saturated heterocycles. The minimum Gasteiger partial charge on any atom is -0.497 e. The first-order valence-corrected chi connectivity index (χ1v) is 8.88. The van der Waals surface area contributed by atoms with E-state index in [4.69, 9.17) is 9.47 Å². The van der Waals surface area contributed by atoms with Crippen LogP contribution in [0.4, 0.5) is 0 Å². The molecule has 0 aliphatic heterocycles. The van der Waals surface area contributed by atoms with Crippen molar-refractivity contribution < 1.29 is 9.47 Å². The third kappa shape index (κ3) is 12.0. The molecule has 0 atom stereocenters. The molecule has 1 aromatic carbocycles. The van der Waals surface area contributed by atoms with Gasteiger partial charge in [-0.05, 0) is 43.4 Å². The van der Waals surface area contributed by atoms with Gasteiger partial charge in [0.15, 0.2) is 5.96 Å². The fraction of sp³-hybridized carbons (Fsp3) is 0.632. The molecule has 0 saturated carbocycles. The maximum Gasteiger partial charge on any atom is 0.191 e.